The average molecular weight is 311 g/mol. The minimum absolute atomic E-state index is 0.355. The molecule has 0 radical (unpaired) electrons. The molecular formula is C13H15BrN2O2. The molecule has 1 heterocycles. The van der Waals surface area contributed by atoms with Crippen molar-refractivity contribution in [3.8, 4) is 11.4 Å². The fourth-order valence-electron chi connectivity index (χ4n) is 1.60. The molecule has 0 fully saturated rings. The quantitative estimate of drug-likeness (QED) is 0.942. The van der Waals surface area contributed by atoms with Crippen LogP contribution >= 0.6 is 15.9 Å². The number of rotatable bonds is 4. The van der Waals surface area contributed by atoms with E-state index in [1.54, 1.807) is 6.92 Å². The summed E-state index contributed by atoms with van der Waals surface area (Å²) < 4.78 is 6.11. The van der Waals surface area contributed by atoms with Crippen molar-refractivity contribution in [2.45, 2.75) is 32.8 Å². The summed E-state index contributed by atoms with van der Waals surface area (Å²) in [6.45, 7) is 3.77. The Labute approximate surface area is 114 Å². The van der Waals surface area contributed by atoms with Crippen LogP contribution < -0.4 is 0 Å². The Bertz CT molecular complexity index is 538. The molecule has 96 valence electrons. The van der Waals surface area contributed by atoms with Gasteiger partial charge in [0.15, 0.2) is 0 Å². The van der Waals surface area contributed by atoms with Crippen LogP contribution in [0.15, 0.2) is 27.2 Å². The van der Waals surface area contributed by atoms with Gasteiger partial charge in [-0.2, -0.15) is 4.98 Å². The highest BCUT2D eigenvalue weighted by molar-refractivity contribution is 9.10. The zero-order valence-electron chi connectivity index (χ0n) is 10.4. The highest BCUT2D eigenvalue weighted by Crippen LogP contribution is 2.27. The second-order valence-corrected chi connectivity index (χ2v) is 5.24. The lowest BCUT2D eigenvalue weighted by molar-refractivity contribution is 0.180. The molecule has 0 bridgehead atoms. The van der Waals surface area contributed by atoms with Gasteiger partial charge in [-0.05, 0) is 38.0 Å². The lowest BCUT2D eigenvalue weighted by atomic mass is 10.1. The van der Waals surface area contributed by atoms with Gasteiger partial charge in [0.1, 0.15) is 0 Å². The second kappa shape index (κ2) is 5.63. The van der Waals surface area contributed by atoms with E-state index in [9.17, 15) is 5.11 Å². The summed E-state index contributed by atoms with van der Waals surface area (Å²) in [6, 6.07) is 5.98. The van der Waals surface area contributed by atoms with Gasteiger partial charge in [0.05, 0.1) is 6.10 Å². The van der Waals surface area contributed by atoms with Crippen LogP contribution in [0.2, 0.25) is 0 Å². The summed E-state index contributed by atoms with van der Waals surface area (Å²) in [5.41, 5.74) is 2.08. The summed E-state index contributed by atoms with van der Waals surface area (Å²) >= 11 is 3.49. The summed E-state index contributed by atoms with van der Waals surface area (Å²) in [6.07, 6.45) is 0.858. The van der Waals surface area contributed by atoms with Gasteiger partial charge in [0.2, 0.25) is 11.7 Å². The van der Waals surface area contributed by atoms with Gasteiger partial charge in [0.25, 0.3) is 0 Å². The summed E-state index contributed by atoms with van der Waals surface area (Å²) in [7, 11) is 0. The Morgan fingerprint density at radius 3 is 2.89 bits per heavy atom. The Morgan fingerprint density at radius 2 is 2.22 bits per heavy atom. The van der Waals surface area contributed by atoms with Crippen molar-refractivity contribution < 1.29 is 9.63 Å². The number of benzene rings is 1. The molecule has 1 aromatic carbocycles. The number of halogens is 1. The maximum atomic E-state index is 9.21. The van der Waals surface area contributed by atoms with E-state index in [0.717, 1.165) is 10.0 Å². The molecule has 0 amide bonds. The van der Waals surface area contributed by atoms with Crippen LogP contribution in [0.1, 0.15) is 24.8 Å². The molecule has 0 spiro atoms. The van der Waals surface area contributed by atoms with Crippen molar-refractivity contribution in [3.63, 3.8) is 0 Å². The monoisotopic (exact) mass is 310 g/mol. The zero-order valence-corrected chi connectivity index (χ0v) is 11.9. The van der Waals surface area contributed by atoms with E-state index >= 15 is 0 Å². The number of hydrogen-bond donors (Lipinski definition) is 1. The van der Waals surface area contributed by atoms with Crippen molar-refractivity contribution in [3.05, 3.63) is 34.1 Å². The van der Waals surface area contributed by atoms with Crippen molar-refractivity contribution in [1.29, 1.82) is 0 Å². The second-order valence-electron chi connectivity index (χ2n) is 4.38. The van der Waals surface area contributed by atoms with Crippen molar-refractivity contribution in [1.82, 2.24) is 10.1 Å². The predicted octanol–water partition coefficient (Wildman–Crippen LogP) is 3.12. The minimum Gasteiger partial charge on any atom is -0.393 e. The fraction of sp³-hybridized carbons (Fsp3) is 0.385. The van der Waals surface area contributed by atoms with Gasteiger partial charge >= 0.3 is 0 Å². The Balaban J connectivity index is 2.18. The van der Waals surface area contributed by atoms with E-state index in [0.29, 0.717) is 24.6 Å². The first kappa shape index (κ1) is 13.2. The number of aromatic nitrogens is 2. The van der Waals surface area contributed by atoms with Crippen molar-refractivity contribution in [2.24, 2.45) is 0 Å². The van der Waals surface area contributed by atoms with Gasteiger partial charge in [0, 0.05) is 16.5 Å². The SMILES string of the molecule is Cc1ccc(-c2noc(CCC(C)O)n2)c(Br)c1. The third-order valence-electron chi connectivity index (χ3n) is 2.61. The first-order valence-corrected chi connectivity index (χ1v) is 6.62. The highest BCUT2D eigenvalue weighted by atomic mass is 79.9. The third-order valence-corrected chi connectivity index (χ3v) is 3.27. The predicted molar refractivity (Wildman–Crippen MR) is 72.2 cm³/mol. The van der Waals surface area contributed by atoms with Crippen LogP contribution in [-0.2, 0) is 6.42 Å². The van der Waals surface area contributed by atoms with E-state index in [1.165, 1.54) is 5.56 Å². The first-order chi connectivity index (χ1) is 8.56. The number of aliphatic hydroxyl groups excluding tert-OH is 1. The van der Waals surface area contributed by atoms with E-state index in [2.05, 4.69) is 26.1 Å². The van der Waals surface area contributed by atoms with Gasteiger partial charge in [-0.1, -0.05) is 27.2 Å². The van der Waals surface area contributed by atoms with Crippen LogP contribution in [0.5, 0.6) is 0 Å². The van der Waals surface area contributed by atoms with E-state index in [-0.39, 0.29) is 6.10 Å². The average Bonchev–Trinajstić information content (AvgIpc) is 2.75. The van der Waals surface area contributed by atoms with Crippen LogP contribution in [-0.4, -0.2) is 21.4 Å². The third kappa shape index (κ3) is 3.17. The van der Waals surface area contributed by atoms with E-state index < -0.39 is 0 Å². The molecule has 0 aliphatic heterocycles. The number of hydrogen-bond acceptors (Lipinski definition) is 4. The standard InChI is InChI=1S/C13H15BrN2O2/c1-8-3-5-10(11(14)7-8)13-15-12(18-16-13)6-4-9(2)17/h3,5,7,9,17H,4,6H2,1-2H3. The molecule has 1 aromatic heterocycles. The largest absolute Gasteiger partial charge is 0.393 e. The number of aliphatic hydroxyl groups is 1. The Hall–Kier alpha value is -1.20. The van der Waals surface area contributed by atoms with Gasteiger partial charge in [-0.15, -0.1) is 0 Å². The van der Waals surface area contributed by atoms with Crippen LogP contribution in [0.4, 0.5) is 0 Å². The molecule has 5 heteroatoms. The molecule has 0 aliphatic carbocycles. The number of aryl methyl sites for hydroxylation is 2. The molecular weight excluding hydrogens is 296 g/mol. The van der Waals surface area contributed by atoms with Crippen LogP contribution in [0, 0.1) is 6.92 Å². The molecule has 0 saturated carbocycles. The molecule has 2 aromatic rings. The van der Waals surface area contributed by atoms with Crippen molar-refractivity contribution >= 4 is 15.9 Å². The summed E-state index contributed by atoms with van der Waals surface area (Å²) in [5.74, 6) is 1.13. The number of nitrogens with zero attached hydrogens (tertiary/aromatic N) is 2. The molecule has 18 heavy (non-hydrogen) atoms. The smallest absolute Gasteiger partial charge is 0.227 e. The van der Waals surface area contributed by atoms with Crippen molar-refractivity contribution in [2.75, 3.05) is 0 Å². The lowest BCUT2D eigenvalue weighted by Gasteiger charge is -2.00. The summed E-state index contributed by atoms with van der Waals surface area (Å²) in [5, 5.41) is 13.2. The highest BCUT2D eigenvalue weighted by Gasteiger charge is 2.12. The minimum atomic E-state index is -0.355. The fourth-order valence-corrected chi connectivity index (χ4v) is 2.27. The topological polar surface area (TPSA) is 59.2 Å². The van der Waals surface area contributed by atoms with Gasteiger partial charge in [-0.3, -0.25) is 0 Å². The lowest BCUT2D eigenvalue weighted by Crippen LogP contribution is -2.01. The molecule has 2 rings (SSSR count). The van der Waals surface area contributed by atoms with Gasteiger partial charge < -0.3 is 9.63 Å². The molecule has 1 atom stereocenters. The maximum absolute atomic E-state index is 9.21. The van der Waals surface area contributed by atoms with E-state index in [1.807, 2.05) is 25.1 Å². The Morgan fingerprint density at radius 1 is 1.44 bits per heavy atom. The van der Waals surface area contributed by atoms with Gasteiger partial charge in [-0.25, -0.2) is 0 Å². The maximum Gasteiger partial charge on any atom is 0.227 e. The molecule has 0 saturated heterocycles. The molecule has 1 unspecified atom stereocenters. The molecule has 1 N–H and O–H groups in total. The Kier molecular flexibility index (Phi) is 4.14. The van der Waals surface area contributed by atoms with E-state index in [4.69, 9.17) is 4.52 Å². The summed E-state index contributed by atoms with van der Waals surface area (Å²) in [4.78, 5) is 4.32. The first-order valence-electron chi connectivity index (χ1n) is 5.83. The van der Waals surface area contributed by atoms with Crippen LogP contribution in [0.25, 0.3) is 11.4 Å². The molecule has 0 aliphatic rings. The van der Waals surface area contributed by atoms with Crippen LogP contribution in [0.3, 0.4) is 0 Å². The zero-order chi connectivity index (χ0) is 13.1. The normalized spacial score (nSPS) is 12.7. The molecule has 4 nitrogen and oxygen atoms in total.